The Kier molecular flexibility index (Phi) is 5.96. The molecule has 0 aromatic heterocycles. The highest BCUT2D eigenvalue weighted by atomic mass is 28.4. The van der Waals surface area contributed by atoms with Crippen LogP contribution in [-0.4, -0.2) is 32.5 Å². The molecule has 1 aromatic rings. The zero-order valence-corrected chi connectivity index (χ0v) is 18.5. The number of hydrogen-bond donors (Lipinski definition) is 1. The molecule has 0 amide bonds. The minimum Gasteiger partial charge on any atom is -0.455 e. The van der Waals surface area contributed by atoms with Crippen LogP contribution in [0.3, 0.4) is 0 Å². The van der Waals surface area contributed by atoms with Crippen molar-refractivity contribution in [3.05, 3.63) is 59.7 Å². The smallest absolute Gasteiger partial charge is 0.308 e. The van der Waals surface area contributed by atoms with Gasteiger partial charge in [0, 0.05) is 0 Å². The number of ether oxygens (including phenoxy) is 1. The number of esters is 1. The Bertz CT molecular complexity index is 766. The Labute approximate surface area is 168 Å². The van der Waals surface area contributed by atoms with Crippen molar-refractivity contribution in [2.75, 3.05) is 0 Å². The van der Waals surface area contributed by atoms with E-state index < -0.39 is 14.4 Å². The van der Waals surface area contributed by atoms with Crippen LogP contribution in [0.5, 0.6) is 0 Å². The van der Waals surface area contributed by atoms with Gasteiger partial charge in [-0.2, -0.15) is 5.48 Å². The molecular formula is C22H31NO4Si. The van der Waals surface area contributed by atoms with Crippen molar-refractivity contribution in [3.8, 4) is 0 Å². The van der Waals surface area contributed by atoms with E-state index >= 15 is 0 Å². The number of fused-ring (bicyclic) bond motifs is 1. The molecule has 5 nitrogen and oxygen atoms in total. The van der Waals surface area contributed by atoms with E-state index in [1.807, 2.05) is 36.4 Å². The van der Waals surface area contributed by atoms with Crippen molar-refractivity contribution >= 4 is 14.3 Å². The van der Waals surface area contributed by atoms with Gasteiger partial charge in [0.05, 0.1) is 19.1 Å². The topological polar surface area (TPSA) is 56.8 Å². The van der Waals surface area contributed by atoms with E-state index in [-0.39, 0.29) is 29.6 Å². The van der Waals surface area contributed by atoms with Gasteiger partial charge in [0.2, 0.25) is 0 Å². The summed E-state index contributed by atoms with van der Waals surface area (Å²) < 4.78 is 12.2. The molecule has 0 spiro atoms. The van der Waals surface area contributed by atoms with E-state index in [0.29, 0.717) is 6.61 Å². The Hall–Kier alpha value is -1.73. The molecule has 6 heteroatoms. The van der Waals surface area contributed by atoms with Gasteiger partial charge in [-0.05, 0) is 34.8 Å². The number of hydrogen-bond acceptors (Lipinski definition) is 5. The Morgan fingerprint density at radius 1 is 1.25 bits per heavy atom. The zero-order chi connectivity index (χ0) is 20.5. The molecule has 28 heavy (non-hydrogen) atoms. The van der Waals surface area contributed by atoms with Crippen molar-refractivity contribution in [2.45, 2.75) is 70.2 Å². The molecule has 0 saturated carbocycles. The molecule has 1 fully saturated rings. The number of carbonyl (C=O) groups is 1. The zero-order valence-electron chi connectivity index (χ0n) is 17.5. The largest absolute Gasteiger partial charge is 0.455 e. The van der Waals surface area contributed by atoms with Gasteiger partial charge < -0.3 is 9.16 Å². The maximum Gasteiger partial charge on any atom is 0.308 e. The van der Waals surface area contributed by atoms with Crippen LogP contribution in [0.4, 0.5) is 0 Å². The van der Waals surface area contributed by atoms with Crippen LogP contribution >= 0.6 is 0 Å². The Morgan fingerprint density at radius 2 is 1.93 bits per heavy atom. The second kappa shape index (κ2) is 7.95. The molecule has 1 saturated heterocycles. The summed E-state index contributed by atoms with van der Waals surface area (Å²) in [6.45, 7) is 15.6. The quantitative estimate of drug-likeness (QED) is 0.438. The third-order valence-electron chi connectivity index (χ3n) is 5.89. The van der Waals surface area contributed by atoms with Gasteiger partial charge in [-0.15, -0.1) is 0 Å². The summed E-state index contributed by atoms with van der Waals surface area (Å²) >= 11 is 0. The fraction of sp³-hybridized carbons (Fsp3) is 0.500. The summed E-state index contributed by atoms with van der Waals surface area (Å²) in [4.78, 5) is 17.9. The van der Waals surface area contributed by atoms with Crippen molar-refractivity contribution < 1.29 is 18.8 Å². The summed E-state index contributed by atoms with van der Waals surface area (Å²) in [5.41, 5.74) is 5.94. The highest BCUT2D eigenvalue weighted by Gasteiger charge is 2.48. The number of rotatable bonds is 6. The molecule has 152 valence electrons. The van der Waals surface area contributed by atoms with Crippen LogP contribution in [0.2, 0.25) is 18.1 Å². The first kappa shape index (κ1) is 21.0. The molecule has 0 bridgehead atoms. The average Bonchev–Trinajstić information content (AvgIpc) is 2.90. The lowest BCUT2D eigenvalue weighted by Crippen LogP contribution is -2.51. The average molecular weight is 402 g/mol. The van der Waals surface area contributed by atoms with E-state index in [9.17, 15) is 4.79 Å². The Morgan fingerprint density at radius 3 is 2.57 bits per heavy atom. The highest BCUT2D eigenvalue weighted by Crippen LogP contribution is 2.42. The molecule has 2 aliphatic rings. The standard InChI is InChI=1S/C22H31NO4Si/c1-15-12-17-18(23-25-14-16-10-8-7-9-11-16)13-19(24)26-21(17)20(15)27-28(5,6)22(2,3)4/h7-12,18,20-21,23H,1,13-14H2,2-6H3/t18?,20-,21-/m0/s1. The third-order valence-corrected chi connectivity index (χ3v) is 10.3. The van der Waals surface area contributed by atoms with Crippen LogP contribution in [0.15, 0.2) is 54.1 Å². The maximum atomic E-state index is 12.2. The van der Waals surface area contributed by atoms with E-state index in [0.717, 1.165) is 16.7 Å². The fourth-order valence-corrected chi connectivity index (χ4v) is 4.46. The van der Waals surface area contributed by atoms with Gasteiger partial charge in [0.15, 0.2) is 14.4 Å². The van der Waals surface area contributed by atoms with E-state index in [1.165, 1.54) is 0 Å². The second-order valence-electron chi connectivity index (χ2n) is 9.08. The van der Waals surface area contributed by atoms with Gasteiger partial charge in [-0.1, -0.05) is 63.8 Å². The summed E-state index contributed by atoms with van der Waals surface area (Å²) in [6, 6.07) is 9.67. The lowest BCUT2D eigenvalue weighted by atomic mass is 9.98. The molecule has 1 aromatic carbocycles. The third kappa shape index (κ3) is 4.46. The molecule has 1 N–H and O–H groups in total. The van der Waals surface area contributed by atoms with Gasteiger partial charge in [-0.25, -0.2) is 0 Å². The summed E-state index contributed by atoms with van der Waals surface area (Å²) in [6.07, 6.45) is 1.48. The molecule has 0 radical (unpaired) electrons. The normalized spacial score (nSPS) is 25.3. The van der Waals surface area contributed by atoms with Gasteiger partial charge in [0.1, 0.15) is 6.10 Å². The van der Waals surface area contributed by atoms with Gasteiger partial charge in [0.25, 0.3) is 0 Å². The van der Waals surface area contributed by atoms with E-state index in [4.69, 9.17) is 14.0 Å². The van der Waals surface area contributed by atoms with Crippen LogP contribution in [0.1, 0.15) is 32.8 Å². The van der Waals surface area contributed by atoms with Gasteiger partial charge in [-0.3, -0.25) is 9.63 Å². The molecule has 3 atom stereocenters. The number of carbonyl (C=O) groups excluding carboxylic acids is 1. The van der Waals surface area contributed by atoms with Crippen LogP contribution in [0.25, 0.3) is 0 Å². The predicted octanol–water partition coefficient (Wildman–Crippen LogP) is 4.28. The Balaban J connectivity index is 1.68. The summed E-state index contributed by atoms with van der Waals surface area (Å²) in [7, 11) is -2.04. The number of hydroxylamine groups is 1. The minimum atomic E-state index is -2.04. The van der Waals surface area contributed by atoms with Crippen LogP contribution in [0, 0.1) is 0 Å². The molecule has 1 aliphatic carbocycles. The fourth-order valence-electron chi connectivity index (χ4n) is 3.19. The monoisotopic (exact) mass is 401 g/mol. The molecule has 1 unspecified atom stereocenters. The molecule has 1 heterocycles. The SMILES string of the molecule is C=C1C=C2C(NOCc3ccccc3)CC(=O)O[C@@H]2[C@H]1O[Si](C)(C)C(C)(C)C. The number of benzene rings is 1. The first-order chi connectivity index (χ1) is 13.1. The molecule has 3 rings (SSSR count). The van der Waals surface area contributed by atoms with Crippen LogP contribution in [-0.2, 0) is 25.4 Å². The van der Waals surface area contributed by atoms with E-state index in [1.54, 1.807) is 0 Å². The van der Waals surface area contributed by atoms with Crippen molar-refractivity contribution in [3.63, 3.8) is 0 Å². The van der Waals surface area contributed by atoms with Crippen molar-refractivity contribution in [2.24, 2.45) is 0 Å². The lowest BCUT2D eigenvalue weighted by Gasteiger charge is -2.41. The van der Waals surface area contributed by atoms with E-state index in [2.05, 4.69) is 45.9 Å². The second-order valence-corrected chi connectivity index (χ2v) is 13.8. The summed E-state index contributed by atoms with van der Waals surface area (Å²) in [5, 5.41) is 0.0607. The van der Waals surface area contributed by atoms with Crippen LogP contribution < -0.4 is 5.48 Å². The first-order valence-corrected chi connectivity index (χ1v) is 12.7. The van der Waals surface area contributed by atoms with Crippen molar-refractivity contribution in [1.82, 2.24) is 5.48 Å². The lowest BCUT2D eigenvalue weighted by molar-refractivity contribution is -0.156. The predicted molar refractivity (Wildman–Crippen MR) is 112 cm³/mol. The first-order valence-electron chi connectivity index (χ1n) is 9.77. The minimum absolute atomic E-state index is 0.0607. The molecular weight excluding hydrogens is 370 g/mol. The number of nitrogens with one attached hydrogen (secondary N) is 1. The van der Waals surface area contributed by atoms with Gasteiger partial charge >= 0.3 is 5.97 Å². The maximum absolute atomic E-state index is 12.2. The molecule has 1 aliphatic heterocycles. The summed E-state index contributed by atoms with van der Waals surface area (Å²) in [5.74, 6) is -0.249. The highest BCUT2D eigenvalue weighted by molar-refractivity contribution is 6.74. The van der Waals surface area contributed by atoms with Crippen molar-refractivity contribution in [1.29, 1.82) is 0 Å².